The van der Waals surface area contributed by atoms with Crippen LogP contribution in [0, 0.1) is 0 Å². The number of aromatic nitrogens is 4. The summed E-state index contributed by atoms with van der Waals surface area (Å²) in [5, 5.41) is 32.8. The summed E-state index contributed by atoms with van der Waals surface area (Å²) in [4.78, 5) is 17.8. The zero-order valence-corrected chi connectivity index (χ0v) is 9.67. The van der Waals surface area contributed by atoms with Crippen molar-refractivity contribution in [1.82, 2.24) is 19.7 Å². The molecule has 9 nitrogen and oxygen atoms in total. The van der Waals surface area contributed by atoms with Crippen molar-refractivity contribution in [3.63, 3.8) is 0 Å². The number of hydrogen-bond acceptors (Lipinski definition) is 7. The molecule has 1 fully saturated rings. The van der Waals surface area contributed by atoms with Crippen molar-refractivity contribution in [2.24, 2.45) is 0 Å². The minimum atomic E-state index is -1.24. The third kappa shape index (κ3) is 1.83. The van der Waals surface area contributed by atoms with Crippen molar-refractivity contribution in [3.05, 3.63) is 22.9 Å². The lowest BCUT2D eigenvalue weighted by atomic mass is 10.1. The van der Waals surface area contributed by atoms with Gasteiger partial charge >= 0.3 is 0 Å². The minimum Gasteiger partial charge on any atom is -0.394 e. The van der Waals surface area contributed by atoms with Gasteiger partial charge in [0.2, 0.25) is 0 Å². The quantitative estimate of drug-likeness (QED) is 0.482. The number of fused-ring (bicyclic) bond motifs is 1. The molecule has 0 radical (unpaired) electrons. The fourth-order valence-electron chi connectivity index (χ4n) is 2.10. The molecule has 9 heteroatoms. The second-order valence-electron chi connectivity index (χ2n) is 4.31. The summed E-state index contributed by atoms with van der Waals surface area (Å²) in [7, 11) is 0. The van der Waals surface area contributed by atoms with Crippen LogP contribution in [-0.4, -0.2) is 60.0 Å². The van der Waals surface area contributed by atoms with E-state index in [0.29, 0.717) is 0 Å². The first-order chi connectivity index (χ1) is 9.11. The SMILES string of the molecule is O=c1[nH]cnc2nn([C@@H]3O[C@@H](CO)[C@@H](O)[C@H]3O)cc12. The van der Waals surface area contributed by atoms with Crippen LogP contribution >= 0.6 is 0 Å². The van der Waals surface area contributed by atoms with Gasteiger partial charge in [-0.2, -0.15) is 0 Å². The molecule has 0 bridgehead atoms. The molecule has 0 aliphatic carbocycles. The van der Waals surface area contributed by atoms with Crippen molar-refractivity contribution in [2.75, 3.05) is 6.61 Å². The molecule has 1 aliphatic heterocycles. The topological polar surface area (TPSA) is 133 Å². The second kappa shape index (κ2) is 4.38. The Morgan fingerprint density at radius 3 is 2.84 bits per heavy atom. The minimum absolute atomic E-state index is 0.210. The Labute approximate surface area is 106 Å². The van der Waals surface area contributed by atoms with E-state index in [9.17, 15) is 15.0 Å². The lowest BCUT2D eigenvalue weighted by molar-refractivity contribution is -0.0583. The highest BCUT2D eigenvalue weighted by molar-refractivity contribution is 5.72. The summed E-state index contributed by atoms with van der Waals surface area (Å²) in [6.07, 6.45) is -1.72. The molecule has 0 unspecified atom stereocenters. The Bertz CT molecular complexity index is 653. The standard InChI is InChI=1S/C10H12N4O5/c15-2-5-6(16)7(17)10(19-5)14-1-4-8(13-14)11-3-12-9(4)18/h1,3,5-7,10,15-17H,2H2,(H,11,12,13,18)/t5-,6+,7+,10+/m0/s1. The summed E-state index contributed by atoms with van der Waals surface area (Å²) in [5.41, 5.74) is -0.149. The van der Waals surface area contributed by atoms with E-state index in [2.05, 4.69) is 15.1 Å². The van der Waals surface area contributed by atoms with E-state index in [1.54, 1.807) is 0 Å². The maximum Gasteiger partial charge on any atom is 0.261 e. The number of nitrogens with one attached hydrogen (secondary N) is 1. The van der Waals surface area contributed by atoms with Gasteiger partial charge in [0, 0.05) is 6.20 Å². The molecular weight excluding hydrogens is 256 g/mol. The molecule has 19 heavy (non-hydrogen) atoms. The van der Waals surface area contributed by atoms with E-state index in [1.807, 2.05) is 0 Å². The third-order valence-electron chi connectivity index (χ3n) is 3.12. The number of nitrogens with zero attached hydrogens (tertiary/aromatic N) is 3. The van der Waals surface area contributed by atoms with E-state index in [-0.39, 0.29) is 16.6 Å². The lowest BCUT2D eigenvalue weighted by Gasteiger charge is -2.14. The van der Waals surface area contributed by atoms with E-state index in [0.717, 1.165) is 0 Å². The molecule has 0 aromatic carbocycles. The molecule has 1 saturated heterocycles. The molecule has 4 N–H and O–H groups in total. The fraction of sp³-hybridized carbons (Fsp3) is 0.500. The van der Waals surface area contributed by atoms with Crippen LogP contribution in [0.4, 0.5) is 0 Å². The van der Waals surface area contributed by atoms with Crippen LogP contribution in [-0.2, 0) is 4.74 Å². The Morgan fingerprint density at radius 1 is 1.42 bits per heavy atom. The molecule has 2 aromatic heterocycles. The first-order valence-electron chi connectivity index (χ1n) is 5.67. The highest BCUT2D eigenvalue weighted by Crippen LogP contribution is 2.29. The van der Waals surface area contributed by atoms with E-state index in [4.69, 9.17) is 9.84 Å². The van der Waals surface area contributed by atoms with E-state index in [1.165, 1.54) is 17.2 Å². The maximum absolute atomic E-state index is 11.5. The predicted molar refractivity (Wildman–Crippen MR) is 61.2 cm³/mol. The Kier molecular flexibility index (Phi) is 2.82. The molecular formula is C10H12N4O5. The normalized spacial score (nSPS) is 31.1. The number of aliphatic hydroxyl groups is 3. The average molecular weight is 268 g/mol. The van der Waals surface area contributed by atoms with Gasteiger partial charge in [-0.3, -0.25) is 4.79 Å². The summed E-state index contributed by atoms with van der Waals surface area (Å²) >= 11 is 0. The van der Waals surface area contributed by atoms with Crippen LogP contribution in [0.25, 0.3) is 11.0 Å². The second-order valence-corrected chi connectivity index (χ2v) is 4.31. The van der Waals surface area contributed by atoms with Gasteiger partial charge in [-0.05, 0) is 0 Å². The predicted octanol–water partition coefficient (Wildman–Crippen LogP) is -2.27. The first kappa shape index (κ1) is 12.2. The number of aromatic amines is 1. The Balaban J connectivity index is 2.01. The van der Waals surface area contributed by atoms with Crippen molar-refractivity contribution < 1.29 is 20.1 Å². The summed E-state index contributed by atoms with van der Waals surface area (Å²) in [6, 6.07) is 0. The van der Waals surface area contributed by atoms with Crippen LogP contribution in [0.1, 0.15) is 6.23 Å². The number of rotatable bonds is 2. The Morgan fingerprint density at radius 2 is 2.21 bits per heavy atom. The van der Waals surface area contributed by atoms with Gasteiger partial charge in [0.05, 0.1) is 12.9 Å². The molecule has 0 spiro atoms. The molecule has 0 amide bonds. The smallest absolute Gasteiger partial charge is 0.261 e. The van der Waals surface area contributed by atoms with Crippen LogP contribution in [0.2, 0.25) is 0 Å². The number of hydrogen-bond donors (Lipinski definition) is 4. The number of ether oxygens (including phenoxy) is 1. The molecule has 2 aromatic rings. The van der Waals surface area contributed by atoms with Gasteiger partial charge < -0.3 is 25.0 Å². The largest absolute Gasteiger partial charge is 0.394 e. The lowest BCUT2D eigenvalue weighted by Crippen LogP contribution is -2.33. The molecule has 102 valence electrons. The average Bonchev–Trinajstić information content (AvgIpc) is 2.94. The van der Waals surface area contributed by atoms with E-state index < -0.39 is 31.1 Å². The van der Waals surface area contributed by atoms with Crippen LogP contribution in [0.5, 0.6) is 0 Å². The zero-order valence-electron chi connectivity index (χ0n) is 9.67. The number of H-pyrrole nitrogens is 1. The van der Waals surface area contributed by atoms with Crippen molar-refractivity contribution in [3.8, 4) is 0 Å². The van der Waals surface area contributed by atoms with Gasteiger partial charge in [0.1, 0.15) is 23.7 Å². The molecule has 0 saturated carbocycles. The maximum atomic E-state index is 11.5. The van der Waals surface area contributed by atoms with E-state index >= 15 is 0 Å². The molecule has 3 rings (SSSR count). The van der Waals surface area contributed by atoms with Gasteiger partial charge in [-0.1, -0.05) is 0 Å². The van der Waals surface area contributed by atoms with Crippen LogP contribution in [0.3, 0.4) is 0 Å². The molecule has 3 heterocycles. The molecule has 1 aliphatic rings. The summed E-state index contributed by atoms with van der Waals surface area (Å²) in [6.45, 7) is -0.422. The van der Waals surface area contributed by atoms with Crippen molar-refractivity contribution in [1.29, 1.82) is 0 Å². The molecule has 4 atom stereocenters. The van der Waals surface area contributed by atoms with Crippen LogP contribution < -0.4 is 5.56 Å². The van der Waals surface area contributed by atoms with Crippen molar-refractivity contribution in [2.45, 2.75) is 24.5 Å². The summed E-state index contributed by atoms with van der Waals surface area (Å²) < 4.78 is 6.52. The van der Waals surface area contributed by atoms with Crippen LogP contribution in [0.15, 0.2) is 17.3 Å². The first-order valence-corrected chi connectivity index (χ1v) is 5.67. The monoisotopic (exact) mass is 268 g/mol. The van der Waals surface area contributed by atoms with Gasteiger partial charge in [-0.15, -0.1) is 5.10 Å². The highest BCUT2D eigenvalue weighted by atomic mass is 16.6. The number of aliphatic hydroxyl groups excluding tert-OH is 3. The van der Waals surface area contributed by atoms with Gasteiger partial charge in [-0.25, -0.2) is 9.67 Å². The zero-order chi connectivity index (χ0) is 13.6. The third-order valence-corrected chi connectivity index (χ3v) is 3.12. The fourth-order valence-corrected chi connectivity index (χ4v) is 2.10. The van der Waals surface area contributed by atoms with Crippen molar-refractivity contribution >= 4 is 11.0 Å². The van der Waals surface area contributed by atoms with Gasteiger partial charge in [0.15, 0.2) is 11.9 Å². The Hall–Kier alpha value is -1.81. The highest BCUT2D eigenvalue weighted by Gasteiger charge is 2.43. The summed E-state index contributed by atoms with van der Waals surface area (Å²) in [5.74, 6) is 0. The van der Waals surface area contributed by atoms with Gasteiger partial charge in [0.25, 0.3) is 5.56 Å².